The third-order valence-corrected chi connectivity index (χ3v) is 2.86. The van der Waals surface area contributed by atoms with Gasteiger partial charge in [-0.25, -0.2) is 0 Å². The van der Waals surface area contributed by atoms with E-state index in [1.807, 2.05) is 0 Å². The van der Waals surface area contributed by atoms with E-state index in [4.69, 9.17) is 0 Å². The second-order valence-corrected chi connectivity index (χ2v) is 3.98. The minimum Gasteiger partial charge on any atom is -0.358 e. The minimum atomic E-state index is 1.18. The number of aromatic amines is 1. The summed E-state index contributed by atoms with van der Waals surface area (Å²) >= 11 is 0. The van der Waals surface area contributed by atoms with Crippen molar-refractivity contribution in [1.82, 2.24) is 4.98 Å². The quantitative estimate of drug-likeness (QED) is 0.737. The van der Waals surface area contributed by atoms with Crippen molar-refractivity contribution < 1.29 is 0 Å². The summed E-state index contributed by atoms with van der Waals surface area (Å²) in [5.74, 6) is 0. The van der Waals surface area contributed by atoms with Gasteiger partial charge in [0.05, 0.1) is 0 Å². The fourth-order valence-electron chi connectivity index (χ4n) is 2.12. The molecule has 1 heteroatoms. The van der Waals surface area contributed by atoms with Crippen LogP contribution in [0.2, 0.25) is 0 Å². The van der Waals surface area contributed by atoms with Gasteiger partial charge in [0, 0.05) is 16.6 Å². The molecular formula is C13H17N. The van der Waals surface area contributed by atoms with Crippen molar-refractivity contribution in [3.8, 4) is 0 Å². The number of hydrogen-bond donors (Lipinski definition) is 1. The summed E-state index contributed by atoms with van der Waals surface area (Å²) in [7, 11) is 0. The van der Waals surface area contributed by atoms with Crippen LogP contribution in [0.15, 0.2) is 18.2 Å². The Hall–Kier alpha value is -1.24. The molecule has 0 saturated carbocycles. The molecule has 0 bridgehead atoms. The number of para-hydroxylation sites is 1. The van der Waals surface area contributed by atoms with Crippen LogP contribution < -0.4 is 0 Å². The number of nitrogens with one attached hydrogen (secondary N) is 1. The third-order valence-electron chi connectivity index (χ3n) is 2.86. The van der Waals surface area contributed by atoms with Gasteiger partial charge < -0.3 is 4.98 Å². The number of aryl methyl sites for hydroxylation is 3. The summed E-state index contributed by atoms with van der Waals surface area (Å²) in [5, 5.41) is 1.41. The first-order chi connectivity index (χ1) is 6.74. The lowest BCUT2D eigenvalue weighted by Crippen LogP contribution is -1.83. The van der Waals surface area contributed by atoms with Crippen LogP contribution >= 0.6 is 0 Å². The van der Waals surface area contributed by atoms with Gasteiger partial charge in [-0.05, 0) is 31.4 Å². The SMILES string of the molecule is CCCc1c(C)[nH]c2c(C)cccc12. The predicted octanol–water partition coefficient (Wildman–Crippen LogP) is 3.74. The Balaban J connectivity index is 2.70. The number of fused-ring (bicyclic) bond motifs is 1. The fourth-order valence-corrected chi connectivity index (χ4v) is 2.12. The topological polar surface area (TPSA) is 15.8 Å². The van der Waals surface area contributed by atoms with E-state index in [2.05, 4.69) is 44.0 Å². The molecule has 74 valence electrons. The number of rotatable bonds is 2. The van der Waals surface area contributed by atoms with Crippen LogP contribution in [0.1, 0.15) is 30.2 Å². The first-order valence-electron chi connectivity index (χ1n) is 5.30. The number of H-pyrrole nitrogens is 1. The molecule has 1 aromatic carbocycles. The summed E-state index contributed by atoms with van der Waals surface area (Å²) in [5.41, 5.74) is 5.48. The van der Waals surface area contributed by atoms with E-state index in [1.54, 1.807) is 0 Å². The van der Waals surface area contributed by atoms with Crippen molar-refractivity contribution in [3.05, 3.63) is 35.0 Å². The molecule has 1 heterocycles. The fraction of sp³-hybridized carbons (Fsp3) is 0.385. The van der Waals surface area contributed by atoms with E-state index in [-0.39, 0.29) is 0 Å². The highest BCUT2D eigenvalue weighted by molar-refractivity contribution is 5.87. The normalized spacial score (nSPS) is 11.1. The van der Waals surface area contributed by atoms with Crippen LogP contribution in [0.5, 0.6) is 0 Å². The lowest BCUT2D eigenvalue weighted by atomic mass is 10.0. The van der Waals surface area contributed by atoms with Gasteiger partial charge in [0.15, 0.2) is 0 Å². The molecule has 2 aromatic rings. The molecule has 14 heavy (non-hydrogen) atoms. The number of aromatic nitrogens is 1. The van der Waals surface area contributed by atoms with E-state index >= 15 is 0 Å². The lowest BCUT2D eigenvalue weighted by molar-refractivity contribution is 0.918. The zero-order chi connectivity index (χ0) is 10.1. The second kappa shape index (κ2) is 3.49. The lowest BCUT2D eigenvalue weighted by Gasteiger charge is -1.98. The van der Waals surface area contributed by atoms with E-state index in [0.717, 1.165) is 0 Å². The maximum atomic E-state index is 3.48. The maximum Gasteiger partial charge on any atom is 0.0488 e. The Labute approximate surface area is 85.1 Å². The van der Waals surface area contributed by atoms with Crippen LogP contribution in [0.3, 0.4) is 0 Å². The summed E-state index contributed by atoms with van der Waals surface area (Å²) in [6.45, 7) is 6.56. The number of benzene rings is 1. The van der Waals surface area contributed by atoms with Gasteiger partial charge in [-0.3, -0.25) is 0 Å². The summed E-state index contributed by atoms with van der Waals surface area (Å²) in [4.78, 5) is 3.48. The van der Waals surface area contributed by atoms with Crippen LogP contribution in [0.4, 0.5) is 0 Å². The van der Waals surface area contributed by atoms with Crippen molar-refractivity contribution in [2.24, 2.45) is 0 Å². The summed E-state index contributed by atoms with van der Waals surface area (Å²) in [6.07, 6.45) is 2.39. The zero-order valence-corrected chi connectivity index (χ0v) is 9.15. The molecule has 0 aliphatic carbocycles. The Morgan fingerprint density at radius 1 is 1.21 bits per heavy atom. The molecule has 2 rings (SSSR count). The summed E-state index contributed by atoms with van der Waals surface area (Å²) < 4.78 is 0. The second-order valence-electron chi connectivity index (χ2n) is 3.98. The van der Waals surface area contributed by atoms with Crippen LogP contribution in [0.25, 0.3) is 10.9 Å². The van der Waals surface area contributed by atoms with E-state index < -0.39 is 0 Å². The molecule has 0 saturated heterocycles. The highest BCUT2D eigenvalue weighted by atomic mass is 14.7. The van der Waals surface area contributed by atoms with Gasteiger partial charge >= 0.3 is 0 Å². The Morgan fingerprint density at radius 2 is 2.00 bits per heavy atom. The van der Waals surface area contributed by atoms with E-state index in [0.29, 0.717) is 0 Å². The Kier molecular flexibility index (Phi) is 2.32. The van der Waals surface area contributed by atoms with Crippen molar-refractivity contribution in [1.29, 1.82) is 0 Å². The molecule has 0 amide bonds. The molecule has 0 atom stereocenters. The smallest absolute Gasteiger partial charge is 0.0488 e. The number of hydrogen-bond acceptors (Lipinski definition) is 0. The Bertz CT molecular complexity index is 451. The molecule has 1 nitrogen and oxygen atoms in total. The van der Waals surface area contributed by atoms with Gasteiger partial charge in [-0.1, -0.05) is 31.5 Å². The van der Waals surface area contributed by atoms with Crippen molar-refractivity contribution in [3.63, 3.8) is 0 Å². The van der Waals surface area contributed by atoms with Crippen molar-refractivity contribution >= 4 is 10.9 Å². The van der Waals surface area contributed by atoms with Crippen molar-refractivity contribution in [2.75, 3.05) is 0 Å². The molecule has 0 aliphatic rings. The molecule has 1 N–H and O–H groups in total. The van der Waals surface area contributed by atoms with Crippen LogP contribution in [-0.2, 0) is 6.42 Å². The highest BCUT2D eigenvalue weighted by Crippen LogP contribution is 2.25. The third kappa shape index (κ3) is 1.33. The molecule has 1 aromatic heterocycles. The molecular weight excluding hydrogens is 170 g/mol. The minimum absolute atomic E-state index is 1.18. The maximum absolute atomic E-state index is 3.48. The largest absolute Gasteiger partial charge is 0.358 e. The zero-order valence-electron chi connectivity index (χ0n) is 9.15. The molecule has 0 spiro atoms. The molecule has 0 radical (unpaired) electrons. The predicted molar refractivity (Wildman–Crippen MR) is 61.8 cm³/mol. The van der Waals surface area contributed by atoms with Gasteiger partial charge in [0.1, 0.15) is 0 Å². The average molecular weight is 187 g/mol. The van der Waals surface area contributed by atoms with Gasteiger partial charge in [0.2, 0.25) is 0 Å². The van der Waals surface area contributed by atoms with E-state index in [1.165, 1.54) is 40.6 Å². The summed E-state index contributed by atoms with van der Waals surface area (Å²) in [6, 6.07) is 6.52. The first kappa shape index (κ1) is 9.32. The monoisotopic (exact) mass is 187 g/mol. The van der Waals surface area contributed by atoms with Gasteiger partial charge in [-0.15, -0.1) is 0 Å². The van der Waals surface area contributed by atoms with E-state index in [9.17, 15) is 0 Å². The molecule has 0 fully saturated rings. The van der Waals surface area contributed by atoms with Gasteiger partial charge in [0.25, 0.3) is 0 Å². The van der Waals surface area contributed by atoms with Crippen LogP contribution in [0, 0.1) is 13.8 Å². The highest BCUT2D eigenvalue weighted by Gasteiger charge is 2.07. The van der Waals surface area contributed by atoms with Crippen LogP contribution in [-0.4, -0.2) is 4.98 Å². The Morgan fingerprint density at radius 3 is 2.71 bits per heavy atom. The molecule has 0 aliphatic heterocycles. The standard InChI is InChI=1S/C13H17N/c1-4-6-11-10(3)14-13-9(2)7-5-8-12(11)13/h5,7-8,14H,4,6H2,1-3H3. The van der Waals surface area contributed by atoms with Gasteiger partial charge in [-0.2, -0.15) is 0 Å². The first-order valence-corrected chi connectivity index (χ1v) is 5.30. The average Bonchev–Trinajstić information content (AvgIpc) is 2.47. The molecule has 0 unspecified atom stereocenters. The van der Waals surface area contributed by atoms with Crippen molar-refractivity contribution in [2.45, 2.75) is 33.6 Å².